The molecule has 6 heteroatoms. The van der Waals surface area contributed by atoms with Crippen LogP contribution in [0.15, 0.2) is 29.3 Å². The molecule has 1 aromatic rings. The zero-order valence-electron chi connectivity index (χ0n) is 12.9. The van der Waals surface area contributed by atoms with E-state index in [-0.39, 0.29) is 36.0 Å². The van der Waals surface area contributed by atoms with Crippen LogP contribution in [-0.4, -0.2) is 31.3 Å². The summed E-state index contributed by atoms with van der Waals surface area (Å²) < 4.78 is 5.09. The number of aliphatic hydroxyl groups is 1. The highest BCUT2D eigenvalue weighted by atomic mass is 127. The fourth-order valence-electron chi connectivity index (χ4n) is 1.86. The number of hydrogen-bond acceptors (Lipinski definition) is 3. The lowest BCUT2D eigenvalue weighted by Gasteiger charge is -2.27. The number of guanidine groups is 1. The van der Waals surface area contributed by atoms with Gasteiger partial charge in [0, 0.05) is 11.1 Å². The molecule has 0 fully saturated rings. The molecule has 0 aliphatic heterocycles. The molecule has 0 saturated heterocycles. The average Bonchev–Trinajstić information content (AvgIpc) is 2.50. The molecule has 0 saturated carbocycles. The Bertz CT molecular complexity index is 423. The van der Waals surface area contributed by atoms with E-state index in [0.29, 0.717) is 12.5 Å². The van der Waals surface area contributed by atoms with Crippen LogP contribution in [0.1, 0.15) is 26.7 Å². The highest BCUT2D eigenvalue weighted by molar-refractivity contribution is 14.0. The number of nitrogens with two attached hydrogens (primary N) is 1. The number of hydrogen-bond donors (Lipinski definition) is 3. The lowest BCUT2D eigenvalue weighted by Crippen LogP contribution is -2.30. The van der Waals surface area contributed by atoms with Gasteiger partial charge in [-0.15, -0.1) is 24.0 Å². The number of rotatable bonds is 7. The molecule has 0 radical (unpaired) electrons. The van der Waals surface area contributed by atoms with E-state index in [1.54, 1.807) is 7.11 Å². The van der Waals surface area contributed by atoms with Crippen LogP contribution in [-0.2, 0) is 0 Å². The summed E-state index contributed by atoms with van der Waals surface area (Å²) in [6.45, 7) is 4.76. The summed E-state index contributed by atoms with van der Waals surface area (Å²) in [7, 11) is 1.63. The number of nitrogens with zero attached hydrogens (tertiary/aromatic N) is 1. The first-order valence-electron chi connectivity index (χ1n) is 6.91. The first-order valence-corrected chi connectivity index (χ1v) is 6.91. The maximum atomic E-state index is 9.49. The highest BCUT2D eigenvalue weighted by Crippen LogP contribution is 2.25. The molecule has 0 bridgehead atoms. The van der Waals surface area contributed by atoms with Crippen LogP contribution >= 0.6 is 24.0 Å². The minimum atomic E-state index is -0.174. The third-order valence-corrected chi connectivity index (χ3v) is 3.78. The molecule has 0 aliphatic rings. The lowest BCUT2D eigenvalue weighted by atomic mass is 9.83. The van der Waals surface area contributed by atoms with Crippen molar-refractivity contribution in [1.29, 1.82) is 0 Å². The van der Waals surface area contributed by atoms with Crippen molar-refractivity contribution in [3.8, 4) is 5.75 Å². The van der Waals surface area contributed by atoms with Crippen LogP contribution in [0.3, 0.4) is 0 Å². The summed E-state index contributed by atoms with van der Waals surface area (Å²) >= 11 is 0. The maximum Gasteiger partial charge on any atom is 0.193 e. The Morgan fingerprint density at radius 1 is 1.29 bits per heavy atom. The van der Waals surface area contributed by atoms with Crippen molar-refractivity contribution in [3.05, 3.63) is 24.3 Å². The van der Waals surface area contributed by atoms with Gasteiger partial charge in [0.1, 0.15) is 5.75 Å². The molecule has 0 atom stereocenters. The summed E-state index contributed by atoms with van der Waals surface area (Å²) in [6, 6.07) is 7.46. The van der Waals surface area contributed by atoms with Crippen molar-refractivity contribution in [2.75, 3.05) is 25.6 Å². The fourth-order valence-corrected chi connectivity index (χ4v) is 1.86. The minimum absolute atomic E-state index is 0. The fraction of sp³-hybridized carbons (Fsp3) is 0.533. The Morgan fingerprint density at radius 3 is 2.29 bits per heavy atom. The standard InChI is InChI=1S/C15H25N3O2.HI/c1-4-15(5-2,11-19)10-17-14(16)18-12-6-8-13(20-3)9-7-12;/h6-9,19H,4-5,10-11H2,1-3H3,(H3,16,17,18);1H. The first-order chi connectivity index (χ1) is 9.59. The molecule has 1 aromatic carbocycles. The number of nitrogens with one attached hydrogen (secondary N) is 1. The van der Waals surface area contributed by atoms with Gasteiger partial charge in [-0.25, -0.2) is 0 Å². The number of benzene rings is 1. The number of halogens is 1. The molecule has 1 rings (SSSR count). The van der Waals surface area contributed by atoms with E-state index in [0.717, 1.165) is 24.3 Å². The van der Waals surface area contributed by atoms with Crippen LogP contribution in [0.2, 0.25) is 0 Å². The molecule has 5 nitrogen and oxygen atoms in total. The molecule has 0 unspecified atom stereocenters. The lowest BCUT2D eigenvalue weighted by molar-refractivity contribution is 0.123. The molecule has 0 amide bonds. The van der Waals surface area contributed by atoms with Crippen molar-refractivity contribution in [2.24, 2.45) is 16.1 Å². The molecule has 21 heavy (non-hydrogen) atoms. The Kier molecular flexibility index (Phi) is 9.36. The van der Waals surface area contributed by atoms with Gasteiger partial charge in [-0.3, -0.25) is 4.99 Å². The predicted molar refractivity (Wildman–Crippen MR) is 98.6 cm³/mol. The third-order valence-electron chi connectivity index (χ3n) is 3.78. The van der Waals surface area contributed by atoms with Crippen LogP contribution in [0.5, 0.6) is 5.75 Å². The molecule has 120 valence electrons. The third kappa shape index (κ3) is 6.09. The van der Waals surface area contributed by atoms with E-state index in [9.17, 15) is 5.11 Å². The van der Waals surface area contributed by atoms with Gasteiger partial charge in [0.2, 0.25) is 0 Å². The zero-order valence-corrected chi connectivity index (χ0v) is 15.3. The van der Waals surface area contributed by atoms with Crippen molar-refractivity contribution in [1.82, 2.24) is 0 Å². The van der Waals surface area contributed by atoms with E-state index in [1.165, 1.54) is 0 Å². The van der Waals surface area contributed by atoms with Crippen LogP contribution in [0.25, 0.3) is 0 Å². The van der Waals surface area contributed by atoms with E-state index in [2.05, 4.69) is 24.2 Å². The summed E-state index contributed by atoms with van der Waals surface area (Å²) in [5, 5.41) is 12.5. The number of aliphatic imine (C=N–C) groups is 1. The van der Waals surface area contributed by atoms with Crippen LogP contribution in [0, 0.1) is 5.41 Å². The molecular formula is C15H26IN3O2. The van der Waals surface area contributed by atoms with Gasteiger partial charge in [-0.2, -0.15) is 0 Å². The van der Waals surface area contributed by atoms with Crippen molar-refractivity contribution >= 4 is 35.6 Å². The number of anilines is 1. The first kappa shape index (κ1) is 20.0. The minimum Gasteiger partial charge on any atom is -0.497 e. The number of methoxy groups -OCH3 is 1. The predicted octanol–water partition coefficient (Wildman–Crippen LogP) is 2.84. The van der Waals surface area contributed by atoms with E-state index >= 15 is 0 Å². The van der Waals surface area contributed by atoms with Crippen molar-refractivity contribution in [3.63, 3.8) is 0 Å². The maximum absolute atomic E-state index is 9.49. The van der Waals surface area contributed by atoms with Gasteiger partial charge in [0.15, 0.2) is 5.96 Å². The van der Waals surface area contributed by atoms with Gasteiger partial charge in [-0.05, 0) is 37.1 Å². The van der Waals surface area contributed by atoms with Crippen molar-refractivity contribution < 1.29 is 9.84 Å². The quantitative estimate of drug-likeness (QED) is 0.369. The number of ether oxygens (including phenoxy) is 1. The van der Waals surface area contributed by atoms with Gasteiger partial charge >= 0.3 is 0 Å². The number of aliphatic hydroxyl groups excluding tert-OH is 1. The van der Waals surface area contributed by atoms with Gasteiger partial charge in [-0.1, -0.05) is 13.8 Å². The average molecular weight is 407 g/mol. The summed E-state index contributed by atoms with van der Waals surface area (Å²) in [5.74, 6) is 1.15. The Labute approximate surface area is 144 Å². The molecule has 0 aliphatic carbocycles. The SMILES string of the molecule is CCC(CC)(CO)CN=C(N)Nc1ccc(OC)cc1.I. The topological polar surface area (TPSA) is 79.9 Å². The highest BCUT2D eigenvalue weighted by Gasteiger charge is 2.24. The smallest absolute Gasteiger partial charge is 0.193 e. The Balaban J connectivity index is 0.00000400. The molecule has 0 spiro atoms. The molecule has 0 aromatic heterocycles. The summed E-state index contributed by atoms with van der Waals surface area (Å²) in [5.41, 5.74) is 6.56. The van der Waals surface area contributed by atoms with Gasteiger partial charge in [0.25, 0.3) is 0 Å². The Morgan fingerprint density at radius 2 is 1.86 bits per heavy atom. The van der Waals surface area contributed by atoms with Crippen LogP contribution in [0.4, 0.5) is 5.69 Å². The molecular weight excluding hydrogens is 381 g/mol. The largest absolute Gasteiger partial charge is 0.497 e. The molecule has 4 N–H and O–H groups in total. The normalized spacial score (nSPS) is 11.7. The van der Waals surface area contributed by atoms with Crippen LogP contribution < -0.4 is 15.8 Å². The second-order valence-electron chi connectivity index (χ2n) is 4.92. The second kappa shape index (κ2) is 9.83. The second-order valence-corrected chi connectivity index (χ2v) is 4.92. The zero-order chi connectivity index (χ0) is 15.0. The Hall–Kier alpha value is -1.02. The van der Waals surface area contributed by atoms with Crippen molar-refractivity contribution in [2.45, 2.75) is 26.7 Å². The molecule has 0 heterocycles. The van der Waals surface area contributed by atoms with Gasteiger partial charge in [0.05, 0.1) is 20.3 Å². The van der Waals surface area contributed by atoms with E-state index < -0.39 is 0 Å². The summed E-state index contributed by atoms with van der Waals surface area (Å²) in [6.07, 6.45) is 1.75. The van der Waals surface area contributed by atoms with E-state index in [1.807, 2.05) is 24.3 Å². The van der Waals surface area contributed by atoms with E-state index in [4.69, 9.17) is 10.5 Å². The summed E-state index contributed by atoms with van der Waals surface area (Å²) in [4.78, 5) is 4.34. The van der Waals surface area contributed by atoms with Gasteiger partial charge < -0.3 is 20.9 Å². The monoisotopic (exact) mass is 407 g/mol.